The molecule has 2 radical (unpaired) electrons. The predicted octanol–water partition coefficient (Wildman–Crippen LogP) is 1.28. The van der Waals surface area contributed by atoms with Crippen LogP contribution in [0.5, 0.6) is 0 Å². The molecule has 0 spiro atoms. The zero-order valence-electron chi connectivity index (χ0n) is 2.59. The molecule has 0 aliphatic carbocycles. The molecule has 0 saturated carbocycles. The van der Waals surface area contributed by atoms with Gasteiger partial charge in [-0.15, -0.1) is 0 Å². The van der Waals surface area contributed by atoms with E-state index in [1.54, 1.807) is 0 Å². The van der Waals surface area contributed by atoms with Crippen molar-refractivity contribution in [3.8, 4) is 0 Å². The Kier molecular flexibility index (Phi) is 5.49. The minimum atomic E-state index is -0.461. The number of halogens is 1. The van der Waals surface area contributed by atoms with Crippen molar-refractivity contribution in [1.29, 1.82) is 0 Å². The molecule has 0 fully saturated rings. The molecule has 4 heavy (non-hydrogen) atoms. The standard InChI is InChI=1S/C2H5.ClH.Pb/c1-2;;/h1H2,2H3;1H;/q;;+1/p-1. The van der Waals surface area contributed by atoms with E-state index in [0.29, 0.717) is 0 Å². The molecule has 0 aromatic heterocycles. The molecular formula is C2H5ClPb. The number of hydrogen-bond donors (Lipinski definition) is 0. The molecule has 0 amide bonds. The summed E-state index contributed by atoms with van der Waals surface area (Å²) in [6, 6.07) is 0. The quantitative estimate of drug-likeness (QED) is 0.631. The summed E-state index contributed by atoms with van der Waals surface area (Å²) in [5.74, 6) is 0. The van der Waals surface area contributed by atoms with Crippen molar-refractivity contribution in [1.82, 2.24) is 0 Å². The Morgan fingerprint density at radius 2 is 2.25 bits per heavy atom. The zero-order valence-corrected chi connectivity index (χ0v) is 7.23. The summed E-state index contributed by atoms with van der Waals surface area (Å²) in [6.45, 7) is 2.14. The molecule has 0 heterocycles. The van der Waals surface area contributed by atoms with Crippen LogP contribution in [0, 0.1) is 0 Å². The Bertz CT molecular complexity index is 8.00. The fourth-order valence-electron chi connectivity index (χ4n) is 0. The molecule has 0 aromatic carbocycles. The van der Waals surface area contributed by atoms with Gasteiger partial charge in [0.25, 0.3) is 0 Å². The molecule has 0 aliphatic rings. The SMILES string of the molecule is C[CH2][Pb][Cl]. The monoisotopic (exact) mass is 272 g/mol. The van der Waals surface area contributed by atoms with Crippen LogP contribution in [0.2, 0.25) is 3.98 Å². The molecule has 0 unspecified atom stereocenters. The molecule has 0 atom stereocenters. The Balaban J connectivity index is 1.97. The van der Waals surface area contributed by atoms with E-state index in [9.17, 15) is 0 Å². The summed E-state index contributed by atoms with van der Waals surface area (Å²) in [4.78, 5) is 0. The van der Waals surface area contributed by atoms with Gasteiger partial charge in [-0.25, -0.2) is 0 Å². The average molecular weight is 272 g/mol. The van der Waals surface area contributed by atoms with Gasteiger partial charge in [0.2, 0.25) is 0 Å². The van der Waals surface area contributed by atoms with Gasteiger partial charge < -0.3 is 0 Å². The first-order valence-electron chi connectivity index (χ1n) is 1.25. The van der Waals surface area contributed by atoms with Crippen LogP contribution in [-0.4, -0.2) is 23.0 Å². The van der Waals surface area contributed by atoms with Crippen LogP contribution in [0.4, 0.5) is 0 Å². The van der Waals surface area contributed by atoms with Gasteiger partial charge in [-0.3, -0.25) is 0 Å². The normalized spacial score (nSPS) is 7.50. The van der Waals surface area contributed by atoms with Crippen LogP contribution in [0.15, 0.2) is 0 Å². The Morgan fingerprint density at radius 3 is 2.25 bits per heavy atom. The van der Waals surface area contributed by atoms with Crippen LogP contribution >= 0.6 is 8.32 Å². The molecule has 0 rings (SSSR count). The molecular weight excluding hydrogens is 267 g/mol. The van der Waals surface area contributed by atoms with Crippen molar-refractivity contribution in [2.75, 3.05) is 0 Å². The third kappa shape index (κ3) is 3.21. The first kappa shape index (κ1) is 5.21. The van der Waals surface area contributed by atoms with Crippen LogP contribution in [0.25, 0.3) is 0 Å². The van der Waals surface area contributed by atoms with E-state index in [-0.39, 0.29) is 0 Å². The molecule has 2 heteroatoms. The van der Waals surface area contributed by atoms with Crippen molar-refractivity contribution >= 4 is 31.3 Å². The second-order valence-corrected chi connectivity index (χ2v) is 6.62. The summed E-state index contributed by atoms with van der Waals surface area (Å²) < 4.78 is 1.28. The molecule has 0 bridgehead atoms. The van der Waals surface area contributed by atoms with Gasteiger partial charge >= 0.3 is 42.2 Å². The summed E-state index contributed by atoms with van der Waals surface area (Å²) in [5, 5.41) is 0. The van der Waals surface area contributed by atoms with Gasteiger partial charge in [-0.05, 0) is 0 Å². The summed E-state index contributed by atoms with van der Waals surface area (Å²) >= 11 is -0.461. The Hall–Kier alpha value is 1.21. The van der Waals surface area contributed by atoms with Gasteiger partial charge in [0, 0.05) is 0 Å². The first-order valence-corrected chi connectivity index (χ1v) is 8.78. The molecule has 0 nitrogen and oxygen atoms in total. The molecule has 0 N–H and O–H groups in total. The van der Waals surface area contributed by atoms with Gasteiger partial charge in [0.05, 0.1) is 0 Å². The van der Waals surface area contributed by atoms with Crippen LogP contribution in [-0.2, 0) is 0 Å². The second kappa shape index (κ2) is 4.21. The Labute approximate surface area is 42.2 Å². The summed E-state index contributed by atoms with van der Waals surface area (Å²) in [7, 11) is 5.38. The maximum atomic E-state index is 5.38. The van der Waals surface area contributed by atoms with E-state index in [1.165, 1.54) is 3.98 Å². The summed E-state index contributed by atoms with van der Waals surface area (Å²) in [5.41, 5.74) is 0. The Morgan fingerprint density at radius 1 is 2.00 bits per heavy atom. The third-order valence-electron chi connectivity index (χ3n) is 0.134. The number of rotatable bonds is 1. The third-order valence-corrected chi connectivity index (χ3v) is 3.52. The second-order valence-electron chi connectivity index (χ2n) is 0.487. The molecule has 0 aliphatic heterocycles. The van der Waals surface area contributed by atoms with Gasteiger partial charge in [0.1, 0.15) is 0 Å². The van der Waals surface area contributed by atoms with E-state index >= 15 is 0 Å². The predicted molar refractivity (Wildman–Crippen MR) is 22.1 cm³/mol. The maximum absolute atomic E-state index is 5.38. The van der Waals surface area contributed by atoms with E-state index in [4.69, 9.17) is 8.32 Å². The van der Waals surface area contributed by atoms with Crippen molar-refractivity contribution in [3.63, 3.8) is 0 Å². The van der Waals surface area contributed by atoms with Crippen LogP contribution < -0.4 is 0 Å². The van der Waals surface area contributed by atoms with E-state index in [2.05, 4.69) is 6.92 Å². The van der Waals surface area contributed by atoms with Crippen molar-refractivity contribution in [2.24, 2.45) is 0 Å². The van der Waals surface area contributed by atoms with E-state index in [0.717, 1.165) is 0 Å². The molecule has 0 aromatic rings. The van der Waals surface area contributed by atoms with Gasteiger partial charge in [-0.1, -0.05) is 0 Å². The fourth-order valence-corrected chi connectivity index (χ4v) is 0. The van der Waals surface area contributed by atoms with Crippen molar-refractivity contribution in [2.45, 2.75) is 10.9 Å². The summed E-state index contributed by atoms with van der Waals surface area (Å²) in [6.07, 6.45) is 0. The van der Waals surface area contributed by atoms with Crippen LogP contribution in [0.3, 0.4) is 0 Å². The van der Waals surface area contributed by atoms with E-state index < -0.39 is 23.0 Å². The van der Waals surface area contributed by atoms with Crippen molar-refractivity contribution < 1.29 is 0 Å². The first-order chi connectivity index (χ1) is 1.91. The number of hydrogen-bond acceptors (Lipinski definition) is 0. The minimum absolute atomic E-state index is 0.461. The molecule has 24 valence electrons. The molecule has 0 saturated heterocycles. The average Bonchev–Trinajstić information content (AvgIpc) is 1.37. The topological polar surface area (TPSA) is 0 Å². The fraction of sp³-hybridized carbons (Fsp3) is 1.00. The zero-order chi connectivity index (χ0) is 3.41. The van der Waals surface area contributed by atoms with Gasteiger partial charge in [0.15, 0.2) is 0 Å². The van der Waals surface area contributed by atoms with Crippen molar-refractivity contribution in [3.05, 3.63) is 0 Å². The van der Waals surface area contributed by atoms with Gasteiger partial charge in [-0.2, -0.15) is 0 Å². The van der Waals surface area contributed by atoms with Crippen LogP contribution in [0.1, 0.15) is 6.92 Å². The van der Waals surface area contributed by atoms with E-state index in [1.807, 2.05) is 0 Å².